The number of carbonyl (C=O) groups excluding carboxylic acids is 1. The van der Waals surface area contributed by atoms with Gasteiger partial charge in [-0.2, -0.15) is 9.57 Å². The molecule has 29 heavy (non-hydrogen) atoms. The van der Waals surface area contributed by atoms with Gasteiger partial charge in [0.2, 0.25) is 10.0 Å². The fourth-order valence-corrected chi connectivity index (χ4v) is 4.78. The van der Waals surface area contributed by atoms with Crippen LogP contribution in [-0.2, 0) is 10.0 Å². The lowest BCUT2D eigenvalue weighted by molar-refractivity contribution is 0.169. The SMILES string of the molecule is CC(NC(=O)N1CCN(S(=O)(=O)c2ccc(C#N)cc2)CC1)c1ccc(Br)cc1. The minimum Gasteiger partial charge on any atom is -0.331 e. The number of sulfonamides is 1. The molecule has 0 radical (unpaired) electrons. The van der Waals surface area contributed by atoms with Gasteiger partial charge in [0.1, 0.15) is 0 Å². The number of carbonyl (C=O) groups is 1. The van der Waals surface area contributed by atoms with Crippen LogP contribution in [0.1, 0.15) is 24.1 Å². The zero-order chi connectivity index (χ0) is 21.0. The van der Waals surface area contributed by atoms with Gasteiger partial charge in [-0.25, -0.2) is 13.2 Å². The fraction of sp³-hybridized carbons (Fsp3) is 0.300. The van der Waals surface area contributed by atoms with Gasteiger partial charge in [-0.05, 0) is 48.9 Å². The Kier molecular flexibility index (Phi) is 6.57. The van der Waals surface area contributed by atoms with Crippen molar-refractivity contribution >= 4 is 32.0 Å². The van der Waals surface area contributed by atoms with Crippen LogP contribution in [0.15, 0.2) is 57.9 Å². The van der Waals surface area contributed by atoms with E-state index in [0.717, 1.165) is 10.0 Å². The molecule has 2 amide bonds. The lowest BCUT2D eigenvalue weighted by Crippen LogP contribution is -2.53. The van der Waals surface area contributed by atoms with Crippen molar-refractivity contribution in [3.63, 3.8) is 0 Å². The number of nitriles is 1. The van der Waals surface area contributed by atoms with Gasteiger partial charge in [-0.15, -0.1) is 0 Å². The average molecular weight is 477 g/mol. The van der Waals surface area contributed by atoms with Gasteiger partial charge in [0.25, 0.3) is 0 Å². The van der Waals surface area contributed by atoms with Crippen LogP contribution >= 0.6 is 15.9 Å². The van der Waals surface area contributed by atoms with E-state index in [4.69, 9.17) is 5.26 Å². The number of benzene rings is 2. The van der Waals surface area contributed by atoms with E-state index in [9.17, 15) is 13.2 Å². The van der Waals surface area contributed by atoms with Crippen LogP contribution in [0.4, 0.5) is 4.79 Å². The number of urea groups is 1. The average Bonchev–Trinajstić information content (AvgIpc) is 2.74. The van der Waals surface area contributed by atoms with Crippen molar-refractivity contribution in [3.05, 3.63) is 64.1 Å². The van der Waals surface area contributed by atoms with Crippen LogP contribution in [0, 0.1) is 11.3 Å². The third kappa shape index (κ3) is 4.96. The molecule has 0 aromatic heterocycles. The van der Waals surface area contributed by atoms with Crippen molar-refractivity contribution in [2.24, 2.45) is 0 Å². The molecule has 0 aliphatic carbocycles. The van der Waals surface area contributed by atoms with E-state index in [1.165, 1.54) is 28.6 Å². The standard InChI is InChI=1S/C20H21BrN4O3S/c1-15(17-4-6-18(21)7-5-17)23-20(26)24-10-12-25(13-11-24)29(27,28)19-8-2-16(14-22)3-9-19/h2-9,15H,10-13H2,1H3,(H,23,26). The van der Waals surface area contributed by atoms with Gasteiger partial charge < -0.3 is 10.2 Å². The maximum Gasteiger partial charge on any atom is 0.317 e. The van der Waals surface area contributed by atoms with Crippen molar-refractivity contribution in [2.45, 2.75) is 17.9 Å². The third-order valence-corrected chi connectivity index (χ3v) is 7.30. The van der Waals surface area contributed by atoms with Crippen LogP contribution in [0.5, 0.6) is 0 Å². The second-order valence-electron chi connectivity index (χ2n) is 6.75. The van der Waals surface area contributed by atoms with Gasteiger partial charge >= 0.3 is 6.03 Å². The summed E-state index contributed by atoms with van der Waals surface area (Å²) in [5, 5.41) is 11.8. The molecule has 2 aromatic carbocycles. The summed E-state index contributed by atoms with van der Waals surface area (Å²) in [6.45, 7) is 2.99. The van der Waals surface area contributed by atoms with Gasteiger partial charge in [0.05, 0.1) is 22.6 Å². The third-order valence-electron chi connectivity index (χ3n) is 4.86. The molecule has 1 aliphatic rings. The van der Waals surface area contributed by atoms with E-state index in [-0.39, 0.29) is 30.1 Å². The predicted molar refractivity (Wildman–Crippen MR) is 113 cm³/mol. The lowest BCUT2D eigenvalue weighted by Gasteiger charge is -2.34. The van der Waals surface area contributed by atoms with E-state index >= 15 is 0 Å². The lowest BCUT2D eigenvalue weighted by atomic mass is 10.1. The van der Waals surface area contributed by atoms with E-state index in [2.05, 4.69) is 21.2 Å². The van der Waals surface area contributed by atoms with Gasteiger partial charge in [-0.1, -0.05) is 28.1 Å². The molecule has 9 heteroatoms. The molecule has 1 aliphatic heterocycles. The van der Waals surface area contributed by atoms with Gasteiger partial charge in [0, 0.05) is 30.7 Å². The summed E-state index contributed by atoms with van der Waals surface area (Å²) in [6.07, 6.45) is 0. The molecule has 0 saturated carbocycles. The Morgan fingerprint density at radius 3 is 2.21 bits per heavy atom. The van der Waals surface area contributed by atoms with Crippen molar-refractivity contribution < 1.29 is 13.2 Å². The first-order valence-electron chi connectivity index (χ1n) is 9.12. The Morgan fingerprint density at radius 1 is 1.07 bits per heavy atom. The van der Waals surface area contributed by atoms with Crippen LogP contribution in [0.25, 0.3) is 0 Å². The summed E-state index contributed by atoms with van der Waals surface area (Å²) in [7, 11) is -3.65. The summed E-state index contributed by atoms with van der Waals surface area (Å²) < 4.78 is 27.9. The van der Waals surface area contributed by atoms with Crippen LogP contribution < -0.4 is 5.32 Å². The number of piperazine rings is 1. The first-order valence-corrected chi connectivity index (χ1v) is 11.4. The normalized spacial score (nSPS) is 16.1. The van der Waals surface area contributed by atoms with Gasteiger partial charge in [0.15, 0.2) is 0 Å². The molecule has 1 fully saturated rings. The molecule has 1 unspecified atom stereocenters. The molecule has 7 nitrogen and oxygen atoms in total. The van der Waals surface area contributed by atoms with Crippen molar-refractivity contribution in [2.75, 3.05) is 26.2 Å². The Balaban J connectivity index is 1.58. The monoisotopic (exact) mass is 476 g/mol. The van der Waals surface area contributed by atoms with Crippen molar-refractivity contribution in [1.29, 1.82) is 5.26 Å². The molecular weight excluding hydrogens is 456 g/mol. The van der Waals surface area contributed by atoms with Gasteiger partial charge in [-0.3, -0.25) is 0 Å². The highest BCUT2D eigenvalue weighted by atomic mass is 79.9. The number of nitrogens with zero attached hydrogens (tertiary/aromatic N) is 3. The number of halogens is 1. The molecule has 152 valence electrons. The van der Waals surface area contributed by atoms with E-state index in [0.29, 0.717) is 18.7 Å². The fourth-order valence-electron chi connectivity index (χ4n) is 3.09. The first kappa shape index (κ1) is 21.3. The minimum atomic E-state index is -3.65. The smallest absolute Gasteiger partial charge is 0.317 e. The molecule has 1 heterocycles. The maximum atomic E-state index is 12.8. The molecule has 1 atom stereocenters. The van der Waals surface area contributed by atoms with Crippen LogP contribution in [0.3, 0.4) is 0 Å². The van der Waals surface area contributed by atoms with Crippen LogP contribution in [0.2, 0.25) is 0 Å². The Morgan fingerprint density at radius 2 is 1.66 bits per heavy atom. The van der Waals surface area contributed by atoms with E-state index in [1.54, 1.807) is 4.90 Å². The van der Waals surface area contributed by atoms with Crippen LogP contribution in [-0.4, -0.2) is 49.8 Å². The zero-order valence-corrected chi connectivity index (χ0v) is 18.3. The van der Waals surface area contributed by atoms with Crippen molar-refractivity contribution in [1.82, 2.24) is 14.5 Å². The molecular formula is C20H21BrN4O3S. The second kappa shape index (κ2) is 8.95. The number of hydrogen-bond donors (Lipinski definition) is 1. The van der Waals surface area contributed by atoms with E-state index < -0.39 is 10.0 Å². The number of amides is 2. The quantitative estimate of drug-likeness (QED) is 0.733. The molecule has 1 N–H and O–H groups in total. The maximum absolute atomic E-state index is 12.8. The number of hydrogen-bond acceptors (Lipinski definition) is 4. The first-order chi connectivity index (χ1) is 13.8. The summed E-state index contributed by atoms with van der Waals surface area (Å²) in [4.78, 5) is 14.3. The Labute approximate surface area is 179 Å². The second-order valence-corrected chi connectivity index (χ2v) is 9.60. The molecule has 2 aromatic rings. The number of nitrogens with one attached hydrogen (secondary N) is 1. The predicted octanol–water partition coefficient (Wildman–Crippen LogP) is 3.10. The summed E-state index contributed by atoms with van der Waals surface area (Å²) in [6, 6.07) is 15.2. The summed E-state index contributed by atoms with van der Waals surface area (Å²) in [5.74, 6) is 0. The molecule has 0 spiro atoms. The summed E-state index contributed by atoms with van der Waals surface area (Å²) >= 11 is 3.39. The highest BCUT2D eigenvalue weighted by Crippen LogP contribution is 2.20. The largest absolute Gasteiger partial charge is 0.331 e. The highest BCUT2D eigenvalue weighted by Gasteiger charge is 2.30. The molecule has 1 saturated heterocycles. The van der Waals surface area contributed by atoms with Crippen molar-refractivity contribution in [3.8, 4) is 6.07 Å². The minimum absolute atomic E-state index is 0.151. The molecule has 0 bridgehead atoms. The highest BCUT2D eigenvalue weighted by molar-refractivity contribution is 9.10. The number of rotatable bonds is 4. The Bertz CT molecular complexity index is 1010. The zero-order valence-electron chi connectivity index (χ0n) is 15.9. The molecule has 3 rings (SSSR count). The summed E-state index contributed by atoms with van der Waals surface area (Å²) in [5.41, 5.74) is 1.40. The Hall–Kier alpha value is -2.41. The topological polar surface area (TPSA) is 93.5 Å². The van der Waals surface area contributed by atoms with E-state index in [1.807, 2.05) is 37.3 Å².